The first-order valence-electron chi connectivity index (χ1n) is 5.95. The fraction of sp³-hybridized carbons (Fsp3) is 0.636. The van der Waals surface area contributed by atoms with Crippen LogP contribution in [0.15, 0.2) is 0 Å². The van der Waals surface area contributed by atoms with Gasteiger partial charge in [-0.3, -0.25) is 24.1 Å². The second kappa shape index (κ2) is 7.85. The molecule has 1 rings (SSSR count). The number of carbonyl (C=O) groups excluding carboxylic acids is 4. The number of amides is 4. The number of hydrogen-bond donors (Lipinski definition) is 2. The van der Waals surface area contributed by atoms with Gasteiger partial charge in [-0.2, -0.15) is 0 Å². The van der Waals surface area contributed by atoms with Crippen LogP contribution in [-0.2, 0) is 23.9 Å². The average molecular weight is 303 g/mol. The van der Waals surface area contributed by atoms with Gasteiger partial charge < -0.3 is 15.8 Å². The van der Waals surface area contributed by atoms with E-state index in [1.165, 1.54) is 7.11 Å². The number of primary amides is 1. The Bertz CT molecular complexity index is 415. The van der Waals surface area contributed by atoms with Gasteiger partial charge in [-0.15, -0.1) is 11.8 Å². The number of nitrogens with zero attached hydrogens (tertiary/aromatic N) is 1. The number of likely N-dealkylation sites (tertiary alicyclic amines) is 1. The highest BCUT2D eigenvalue weighted by Crippen LogP contribution is 2.14. The lowest BCUT2D eigenvalue weighted by atomic mass is 10.3. The second-order valence-corrected chi connectivity index (χ2v) is 5.11. The molecule has 8 nitrogen and oxygen atoms in total. The summed E-state index contributed by atoms with van der Waals surface area (Å²) in [5, 5.41) is 2.56. The number of hydrogen-bond acceptors (Lipinski definition) is 6. The minimum Gasteiger partial charge on any atom is -0.371 e. The second-order valence-electron chi connectivity index (χ2n) is 4.12. The van der Waals surface area contributed by atoms with Crippen molar-refractivity contribution in [2.45, 2.75) is 12.5 Å². The van der Waals surface area contributed by atoms with Crippen molar-refractivity contribution in [1.82, 2.24) is 10.2 Å². The Balaban J connectivity index is 2.23. The summed E-state index contributed by atoms with van der Waals surface area (Å²) in [6, 6.07) is 0. The quantitative estimate of drug-likeness (QED) is 0.505. The van der Waals surface area contributed by atoms with Gasteiger partial charge in [0.2, 0.25) is 17.7 Å². The van der Waals surface area contributed by atoms with E-state index in [1.807, 2.05) is 0 Å². The van der Waals surface area contributed by atoms with Crippen molar-refractivity contribution < 1.29 is 23.9 Å². The molecule has 0 aromatic carbocycles. The van der Waals surface area contributed by atoms with E-state index in [4.69, 9.17) is 10.5 Å². The van der Waals surface area contributed by atoms with Gasteiger partial charge in [0, 0.05) is 20.2 Å². The lowest BCUT2D eigenvalue weighted by molar-refractivity contribution is -0.141. The zero-order valence-electron chi connectivity index (χ0n) is 11.1. The van der Waals surface area contributed by atoms with Gasteiger partial charge in [0.15, 0.2) is 0 Å². The Hall–Kier alpha value is -1.61. The van der Waals surface area contributed by atoms with Crippen LogP contribution < -0.4 is 11.1 Å². The van der Waals surface area contributed by atoms with Crippen LogP contribution in [0.3, 0.4) is 0 Å². The molecule has 112 valence electrons. The Morgan fingerprint density at radius 1 is 1.45 bits per heavy atom. The molecule has 4 amide bonds. The number of carbonyl (C=O) groups is 4. The number of nitrogens with one attached hydrogen (secondary N) is 1. The van der Waals surface area contributed by atoms with E-state index in [1.54, 1.807) is 0 Å². The molecule has 1 aliphatic heterocycles. The van der Waals surface area contributed by atoms with Gasteiger partial charge in [-0.1, -0.05) is 0 Å². The highest BCUT2D eigenvalue weighted by atomic mass is 32.2. The van der Waals surface area contributed by atoms with Crippen LogP contribution in [0.25, 0.3) is 0 Å². The largest absolute Gasteiger partial charge is 0.371 e. The zero-order chi connectivity index (χ0) is 15.1. The summed E-state index contributed by atoms with van der Waals surface area (Å²) in [6.07, 6.45) is -0.679. The maximum atomic E-state index is 11.7. The SMILES string of the molecule is CO[C@H]1CC(=O)N(CCNC(=O)CSCC(N)=O)C1=O. The molecule has 0 unspecified atom stereocenters. The van der Waals surface area contributed by atoms with Crippen molar-refractivity contribution in [2.24, 2.45) is 5.73 Å². The zero-order valence-corrected chi connectivity index (χ0v) is 11.9. The standard InChI is InChI=1S/C11H17N3O5S/c1-19-7-4-10(17)14(11(7)18)3-2-13-9(16)6-20-5-8(12)15/h7H,2-6H2,1H3,(H2,12,15)(H,13,16)/t7-/m0/s1. The number of nitrogens with two attached hydrogens (primary N) is 1. The van der Waals surface area contributed by atoms with Crippen molar-refractivity contribution in [1.29, 1.82) is 0 Å². The van der Waals surface area contributed by atoms with Gasteiger partial charge in [-0.05, 0) is 0 Å². The first kappa shape index (κ1) is 16.4. The average Bonchev–Trinajstić information content (AvgIpc) is 2.65. The summed E-state index contributed by atoms with van der Waals surface area (Å²) in [5.41, 5.74) is 4.93. The number of thioether (sulfide) groups is 1. The summed E-state index contributed by atoms with van der Waals surface area (Å²) in [6.45, 7) is 0.285. The summed E-state index contributed by atoms with van der Waals surface area (Å²) in [7, 11) is 1.37. The molecule has 1 aliphatic rings. The smallest absolute Gasteiger partial charge is 0.258 e. The Labute approximate surface area is 120 Å². The monoisotopic (exact) mass is 303 g/mol. The maximum Gasteiger partial charge on any atom is 0.258 e. The fourth-order valence-corrected chi connectivity index (χ4v) is 2.27. The van der Waals surface area contributed by atoms with Crippen LogP contribution in [0.4, 0.5) is 0 Å². The molecule has 1 fully saturated rings. The summed E-state index contributed by atoms with van der Waals surface area (Å²) < 4.78 is 4.88. The van der Waals surface area contributed by atoms with E-state index in [0.717, 1.165) is 16.7 Å². The fourth-order valence-electron chi connectivity index (χ4n) is 1.67. The molecule has 1 atom stereocenters. The van der Waals surface area contributed by atoms with Gasteiger partial charge in [0.25, 0.3) is 5.91 Å². The van der Waals surface area contributed by atoms with Crippen LogP contribution in [0.1, 0.15) is 6.42 Å². The Kier molecular flexibility index (Phi) is 6.46. The number of rotatable bonds is 8. The molecule has 0 saturated carbocycles. The van der Waals surface area contributed by atoms with Crippen molar-refractivity contribution in [2.75, 3.05) is 31.7 Å². The van der Waals surface area contributed by atoms with E-state index in [2.05, 4.69) is 5.32 Å². The van der Waals surface area contributed by atoms with Crippen LogP contribution in [0.2, 0.25) is 0 Å². The third-order valence-corrected chi connectivity index (χ3v) is 3.58. The molecule has 0 bridgehead atoms. The van der Waals surface area contributed by atoms with E-state index in [0.29, 0.717) is 0 Å². The number of methoxy groups -OCH3 is 1. The van der Waals surface area contributed by atoms with Crippen LogP contribution in [0.5, 0.6) is 0 Å². The highest BCUT2D eigenvalue weighted by Gasteiger charge is 2.38. The van der Waals surface area contributed by atoms with Crippen molar-refractivity contribution in [3.05, 3.63) is 0 Å². The molecule has 0 aromatic heterocycles. The van der Waals surface area contributed by atoms with Crippen LogP contribution >= 0.6 is 11.8 Å². The molecule has 1 heterocycles. The van der Waals surface area contributed by atoms with Crippen molar-refractivity contribution in [3.63, 3.8) is 0 Å². The summed E-state index contributed by atoms with van der Waals surface area (Å²) in [5.74, 6) is -1.27. The van der Waals surface area contributed by atoms with E-state index in [-0.39, 0.29) is 48.7 Å². The van der Waals surface area contributed by atoms with Crippen molar-refractivity contribution in [3.8, 4) is 0 Å². The highest BCUT2D eigenvalue weighted by molar-refractivity contribution is 8.00. The van der Waals surface area contributed by atoms with Crippen LogP contribution in [0, 0.1) is 0 Å². The Morgan fingerprint density at radius 3 is 2.70 bits per heavy atom. The van der Waals surface area contributed by atoms with Crippen molar-refractivity contribution >= 4 is 35.4 Å². The molecular formula is C11H17N3O5S. The third kappa shape index (κ3) is 4.82. The topological polar surface area (TPSA) is 119 Å². The van der Waals surface area contributed by atoms with Gasteiger partial charge in [-0.25, -0.2) is 0 Å². The minimum atomic E-state index is -0.718. The lowest BCUT2D eigenvalue weighted by Crippen LogP contribution is -2.39. The predicted molar refractivity (Wildman–Crippen MR) is 71.7 cm³/mol. The summed E-state index contributed by atoms with van der Waals surface area (Å²) >= 11 is 1.10. The first-order valence-corrected chi connectivity index (χ1v) is 7.11. The molecule has 3 N–H and O–H groups in total. The normalized spacial score (nSPS) is 18.4. The van der Waals surface area contributed by atoms with Gasteiger partial charge >= 0.3 is 0 Å². The van der Waals surface area contributed by atoms with E-state index < -0.39 is 12.0 Å². The number of imide groups is 1. The first-order chi connectivity index (χ1) is 9.45. The molecule has 9 heteroatoms. The van der Waals surface area contributed by atoms with Crippen LogP contribution in [-0.4, -0.2) is 66.3 Å². The molecule has 0 aliphatic carbocycles. The maximum absolute atomic E-state index is 11.7. The molecule has 0 radical (unpaired) electrons. The molecule has 0 aromatic rings. The molecule has 1 saturated heterocycles. The molecule has 0 spiro atoms. The lowest BCUT2D eigenvalue weighted by Gasteiger charge is -2.14. The molecular weight excluding hydrogens is 286 g/mol. The van der Waals surface area contributed by atoms with Gasteiger partial charge in [0.05, 0.1) is 17.9 Å². The third-order valence-electron chi connectivity index (χ3n) is 2.62. The summed E-state index contributed by atoms with van der Waals surface area (Å²) in [4.78, 5) is 46.2. The number of ether oxygens (including phenoxy) is 1. The Morgan fingerprint density at radius 2 is 2.15 bits per heavy atom. The molecule has 20 heavy (non-hydrogen) atoms. The van der Waals surface area contributed by atoms with Gasteiger partial charge in [0.1, 0.15) is 6.10 Å². The predicted octanol–water partition coefficient (Wildman–Crippen LogP) is -1.90. The van der Waals surface area contributed by atoms with E-state index in [9.17, 15) is 19.2 Å². The minimum absolute atomic E-state index is 0.0394. The van der Waals surface area contributed by atoms with E-state index >= 15 is 0 Å².